The predicted octanol–water partition coefficient (Wildman–Crippen LogP) is 0.899. The van der Waals surface area contributed by atoms with Gasteiger partial charge in [-0.3, -0.25) is 9.36 Å². The van der Waals surface area contributed by atoms with E-state index in [2.05, 4.69) is 15.1 Å². The van der Waals surface area contributed by atoms with Crippen LogP contribution in [0.4, 0.5) is 10.3 Å². The van der Waals surface area contributed by atoms with E-state index in [0.29, 0.717) is 24.9 Å². The Morgan fingerprint density at radius 2 is 1.85 bits per heavy atom. The van der Waals surface area contributed by atoms with Crippen LogP contribution in [0.25, 0.3) is 0 Å². The van der Waals surface area contributed by atoms with Crippen molar-refractivity contribution in [2.24, 2.45) is 0 Å². The molecule has 33 heavy (non-hydrogen) atoms. The largest absolute Gasteiger partial charge is 0.378 e. The van der Waals surface area contributed by atoms with E-state index in [9.17, 15) is 17.6 Å². The molecule has 0 unspecified atom stereocenters. The van der Waals surface area contributed by atoms with E-state index in [1.165, 1.54) is 34.3 Å². The van der Waals surface area contributed by atoms with Crippen molar-refractivity contribution in [3.05, 3.63) is 30.1 Å². The van der Waals surface area contributed by atoms with Gasteiger partial charge in [-0.1, -0.05) is 17.8 Å². The molecular formula is C20H27FN6O4S2. The summed E-state index contributed by atoms with van der Waals surface area (Å²) >= 11 is 1.33. The second-order valence-corrected chi connectivity index (χ2v) is 10.5. The zero-order valence-corrected chi connectivity index (χ0v) is 20.0. The molecule has 3 heterocycles. The Morgan fingerprint density at radius 3 is 2.52 bits per heavy atom. The molecular weight excluding hydrogens is 471 g/mol. The third-order valence-corrected chi connectivity index (χ3v) is 8.50. The molecule has 2 aliphatic rings. The maximum absolute atomic E-state index is 13.5. The van der Waals surface area contributed by atoms with Crippen LogP contribution >= 0.6 is 11.8 Å². The molecule has 0 bridgehead atoms. The summed E-state index contributed by atoms with van der Waals surface area (Å²) in [5.74, 6) is 0.296. The summed E-state index contributed by atoms with van der Waals surface area (Å²) in [5, 5.41) is 9.26. The standard InChI is InChI=1S/C20H27FN6O4S2/c1-2-27-19(25-10-12-31-13-11-25)22-23-20(27)32-15-18(28)24-6-8-26(9-7-24)33(29,30)17-5-3-4-16(21)14-17/h3-5,14H,2,6-13,15H2,1H3. The summed E-state index contributed by atoms with van der Waals surface area (Å²) in [6.07, 6.45) is 0. The Hall–Kier alpha value is -2.22. The first-order valence-corrected chi connectivity index (χ1v) is 13.2. The molecule has 0 radical (unpaired) electrons. The lowest BCUT2D eigenvalue weighted by molar-refractivity contribution is -0.129. The van der Waals surface area contributed by atoms with E-state index < -0.39 is 15.8 Å². The lowest BCUT2D eigenvalue weighted by atomic mass is 10.3. The van der Waals surface area contributed by atoms with Gasteiger partial charge in [-0.05, 0) is 25.1 Å². The van der Waals surface area contributed by atoms with Crippen molar-refractivity contribution < 1.29 is 22.3 Å². The molecule has 0 saturated carbocycles. The van der Waals surface area contributed by atoms with Crippen LogP contribution in [0.15, 0.2) is 34.3 Å². The lowest BCUT2D eigenvalue weighted by Gasteiger charge is -2.34. The smallest absolute Gasteiger partial charge is 0.243 e. The van der Waals surface area contributed by atoms with E-state index in [4.69, 9.17) is 4.74 Å². The van der Waals surface area contributed by atoms with Gasteiger partial charge >= 0.3 is 0 Å². The monoisotopic (exact) mass is 498 g/mol. The Morgan fingerprint density at radius 1 is 1.12 bits per heavy atom. The average Bonchev–Trinajstić information content (AvgIpc) is 3.26. The molecule has 2 aliphatic heterocycles. The second kappa shape index (κ2) is 10.4. The third kappa shape index (κ3) is 5.31. The van der Waals surface area contributed by atoms with E-state index in [1.807, 2.05) is 11.5 Å². The number of morpholine rings is 1. The van der Waals surface area contributed by atoms with E-state index >= 15 is 0 Å². The molecule has 2 aromatic rings. The molecule has 4 rings (SSSR count). The van der Waals surface area contributed by atoms with Crippen molar-refractivity contribution in [1.29, 1.82) is 0 Å². The molecule has 10 nitrogen and oxygen atoms in total. The molecule has 1 amide bonds. The highest BCUT2D eigenvalue weighted by Gasteiger charge is 2.30. The number of thioether (sulfide) groups is 1. The maximum atomic E-state index is 13.5. The van der Waals surface area contributed by atoms with E-state index in [0.717, 1.165) is 25.1 Å². The third-order valence-electron chi connectivity index (χ3n) is 5.66. The minimum Gasteiger partial charge on any atom is -0.378 e. The van der Waals surface area contributed by atoms with Crippen molar-refractivity contribution in [3.63, 3.8) is 0 Å². The number of piperazine rings is 1. The number of aromatic nitrogens is 3. The van der Waals surface area contributed by atoms with Gasteiger partial charge in [0.2, 0.25) is 21.9 Å². The van der Waals surface area contributed by atoms with Crippen molar-refractivity contribution in [1.82, 2.24) is 24.0 Å². The molecule has 2 fully saturated rings. The fourth-order valence-electron chi connectivity index (χ4n) is 3.83. The second-order valence-electron chi connectivity index (χ2n) is 7.66. The quantitative estimate of drug-likeness (QED) is 0.519. The summed E-state index contributed by atoms with van der Waals surface area (Å²) < 4.78 is 47.6. The van der Waals surface area contributed by atoms with Crippen LogP contribution in [-0.4, -0.2) is 96.5 Å². The first kappa shape index (κ1) is 23.9. The SMILES string of the molecule is CCn1c(SCC(=O)N2CCN(S(=O)(=O)c3cccc(F)c3)CC2)nnc1N1CCOCC1. The number of ether oxygens (including phenoxy) is 1. The van der Waals surface area contributed by atoms with Crippen molar-refractivity contribution in [2.75, 3.05) is 63.1 Å². The van der Waals surface area contributed by atoms with Gasteiger partial charge in [-0.2, -0.15) is 4.31 Å². The highest BCUT2D eigenvalue weighted by atomic mass is 32.2. The van der Waals surface area contributed by atoms with Crippen LogP contribution in [-0.2, 0) is 26.1 Å². The van der Waals surface area contributed by atoms with Crippen LogP contribution < -0.4 is 4.90 Å². The van der Waals surface area contributed by atoms with Crippen molar-refractivity contribution in [2.45, 2.75) is 23.5 Å². The zero-order valence-electron chi connectivity index (χ0n) is 18.4. The topological polar surface area (TPSA) is 101 Å². The highest BCUT2D eigenvalue weighted by molar-refractivity contribution is 7.99. The molecule has 2 saturated heterocycles. The van der Waals surface area contributed by atoms with Gasteiger partial charge < -0.3 is 14.5 Å². The fraction of sp³-hybridized carbons (Fsp3) is 0.550. The summed E-state index contributed by atoms with van der Waals surface area (Å²) in [6, 6.07) is 4.97. The summed E-state index contributed by atoms with van der Waals surface area (Å²) in [7, 11) is -3.79. The molecule has 0 aliphatic carbocycles. The Labute approximate surface area is 196 Å². The minimum absolute atomic E-state index is 0.0761. The summed E-state index contributed by atoms with van der Waals surface area (Å²) in [6.45, 7) is 6.42. The Balaban J connectivity index is 1.32. The maximum Gasteiger partial charge on any atom is 0.243 e. The van der Waals surface area contributed by atoms with Gasteiger partial charge in [0.15, 0.2) is 5.16 Å². The molecule has 0 atom stereocenters. The van der Waals surface area contributed by atoms with Crippen molar-refractivity contribution >= 4 is 33.6 Å². The van der Waals surface area contributed by atoms with Gasteiger partial charge in [0.25, 0.3) is 0 Å². The van der Waals surface area contributed by atoms with E-state index in [1.54, 1.807) is 4.90 Å². The average molecular weight is 499 g/mol. The number of rotatable bonds is 7. The number of hydrogen-bond acceptors (Lipinski definition) is 8. The van der Waals surface area contributed by atoms with Crippen LogP contribution in [0.5, 0.6) is 0 Å². The van der Waals surface area contributed by atoms with Crippen LogP contribution in [0, 0.1) is 5.82 Å². The zero-order chi connectivity index (χ0) is 23.4. The molecule has 0 spiro atoms. The molecule has 1 aromatic carbocycles. The fourth-order valence-corrected chi connectivity index (χ4v) is 6.19. The normalized spacial score (nSPS) is 18.0. The number of carbonyl (C=O) groups excluding carboxylic acids is 1. The summed E-state index contributed by atoms with van der Waals surface area (Å²) in [5.41, 5.74) is 0. The van der Waals surface area contributed by atoms with Gasteiger partial charge in [0.05, 0.1) is 23.9 Å². The van der Waals surface area contributed by atoms with Gasteiger partial charge in [-0.25, -0.2) is 12.8 Å². The predicted molar refractivity (Wildman–Crippen MR) is 121 cm³/mol. The number of halogens is 1. The Kier molecular flexibility index (Phi) is 7.51. The summed E-state index contributed by atoms with van der Waals surface area (Å²) in [4.78, 5) is 16.5. The molecule has 1 aromatic heterocycles. The van der Waals surface area contributed by atoms with Crippen LogP contribution in [0.3, 0.4) is 0 Å². The molecule has 0 N–H and O–H groups in total. The van der Waals surface area contributed by atoms with Crippen LogP contribution in [0.1, 0.15) is 6.92 Å². The molecule has 180 valence electrons. The number of hydrogen-bond donors (Lipinski definition) is 0. The molecule has 13 heteroatoms. The first-order chi connectivity index (χ1) is 15.9. The van der Waals surface area contributed by atoms with Crippen molar-refractivity contribution in [3.8, 4) is 0 Å². The highest BCUT2D eigenvalue weighted by Crippen LogP contribution is 2.24. The van der Waals surface area contributed by atoms with E-state index in [-0.39, 0.29) is 42.7 Å². The minimum atomic E-state index is -3.79. The number of amides is 1. The number of anilines is 1. The number of sulfonamides is 1. The van der Waals surface area contributed by atoms with Gasteiger partial charge in [-0.15, -0.1) is 10.2 Å². The first-order valence-electron chi connectivity index (χ1n) is 10.8. The number of nitrogens with zero attached hydrogens (tertiary/aromatic N) is 6. The number of benzene rings is 1. The number of carbonyl (C=O) groups is 1. The van der Waals surface area contributed by atoms with Gasteiger partial charge in [0.1, 0.15) is 5.82 Å². The lowest BCUT2D eigenvalue weighted by Crippen LogP contribution is -2.51. The van der Waals surface area contributed by atoms with Crippen LogP contribution in [0.2, 0.25) is 0 Å². The van der Waals surface area contributed by atoms with Gasteiger partial charge in [0, 0.05) is 45.8 Å². The Bertz CT molecular complexity index is 1080.